The first-order valence-electron chi connectivity index (χ1n) is 16.4. The summed E-state index contributed by atoms with van der Waals surface area (Å²) in [5.41, 5.74) is 2.34. The average Bonchev–Trinajstić information content (AvgIpc) is 3.43. The smallest absolute Gasteiger partial charge is 0.251 e. The van der Waals surface area contributed by atoms with Gasteiger partial charge in [0.05, 0.1) is 42.9 Å². The molecule has 0 aromatic heterocycles. The fourth-order valence-electron chi connectivity index (χ4n) is 7.72. The van der Waals surface area contributed by atoms with E-state index in [9.17, 15) is 19.5 Å². The number of benzene rings is 3. The molecule has 4 heterocycles. The van der Waals surface area contributed by atoms with Crippen LogP contribution in [0.15, 0.2) is 103 Å². The first-order valence-corrected chi connectivity index (χ1v) is 17.3. The Morgan fingerprint density at radius 2 is 1.50 bits per heavy atom. The number of nitrogens with zero attached hydrogens (tertiary/aromatic N) is 3. The third kappa shape index (κ3) is 5.37. The quantitative estimate of drug-likeness (QED) is 0.336. The van der Waals surface area contributed by atoms with Crippen molar-refractivity contribution in [2.75, 3.05) is 43.2 Å². The summed E-state index contributed by atoms with van der Waals surface area (Å²) < 4.78 is 9.95. The number of amides is 3. The van der Waals surface area contributed by atoms with Gasteiger partial charge in [0, 0.05) is 29.7 Å². The molecule has 9 nitrogen and oxygen atoms in total. The van der Waals surface area contributed by atoms with Gasteiger partial charge in [-0.1, -0.05) is 54.6 Å². The topological polar surface area (TPSA) is 99.6 Å². The van der Waals surface area contributed by atoms with Crippen LogP contribution in [0.3, 0.4) is 0 Å². The van der Waals surface area contributed by atoms with Crippen LogP contribution in [0, 0.1) is 11.8 Å². The molecule has 48 heavy (non-hydrogen) atoms. The highest BCUT2D eigenvalue weighted by Crippen LogP contribution is 2.61. The van der Waals surface area contributed by atoms with Crippen LogP contribution < -0.4 is 19.3 Å². The highest BCUT2D eigenvalue weighted by Gasteiger charge is 2.71. The SMILES string of the molecule is CCOc1ccc(N2CC=C[C@H]3S[C@]45C=CCN(c6ccc(OC)cc6)C(=O)C4N([C@@H](CO)Cc4ccccc4)C(=O)[C@@H]5[C@H]3C2=O)cc1. The molecule has 248 valence electrons. The van der Waals surface area contributed by atoms with Crippen molar-refractivity contribution >= 4 is 40.9 Å². The van der Waals surface area contributed by atoms with Gasteiger partial charge < -0.3 is 29.3 Å². The van der Waals surface area contributed by atoms with Crippen molar-refractivity contribution in [3.05, 3.63) is 109 Å². The summed E-state index contributed by atoms with van der Waals surface area (Å²) in [5.74, 6) is -0.800. The Labute approximate surface area is 284 Å². The number of aliphatic hydroxyl groups excluding tert-OH is 1. The average molecular weight is 666 g/mol. The van der Waals surface area contributed by atoms with Crippen molar-refractivity contribution < 1.29 is 29.0 Å². The zero-order valence-electron chi connectivity index (χ0n) is 27.0. The van der Waals surface area contributed by atoms with E-state index in [1.165, 1.54) is 11.8 Å². The molecule has 4 aliphatic rings. The first kappa shape index (κ1) is 32.0. The number of hydrogen-bond donors (Lipinski definition) is 1. The van der Waals surface area contributed by atoms with Crippen molar-refractivity contribution in [2.24, 2.45) is 11.8 Å². The number of methoxy groups -OCH3 is 1. The minimum absolute atomic E-state index is 0.154. The Balaban J connectivity index is 1.31. The van der Waals surface area contributed by atoms with Crippen LogP contribution in [0.25, 0.3) is 0 Å². The van der Waals surface area contributed by atoms with E-state index in [0.29, 0.717) is 49.0 Å². The lowest BCUT2D eigenvalue weighted by Crippen LogP contribution is -2.57. The van der Waals surface area contributed by atoms with E-state index in [-0.39, 0.29) is 29.6 Å². The number of carbonyl (C=O) groups is 3. The van der Waals surface area contributed by atoms with Crippen molar-refractivity contribution in [1.29, 1.82) is 0 Å². The molecule has 3 aromatic rings. The minimum Gasteiger partial charge on any atom is -0.497 e. The van der Waals surface area contributed by atoms with Crippen molar-refractivity contribution in [3.63, 3.8) is 0 Å². The Bertz CT molecular complexity index is 1730. The highest BCUT2D eigenvalue weighted by molar-refractivity contribution is 8.02. The molecule has 0 bridgehead atoms. The molecule has 2 fully saturated rings. The molecule has 0 aliphatic carbocycles. The summed E-state index contributed by atoms with van der Waals surface area (Å²) >= 11 is 1.53. The predicted molar refractivity (Wildman–Crippen MR) is 186 cm³/mol. The molecule has 0 radical (unpaired) electrons. The van der Waals surface area contributed by atoms with Crippen LogP contribution >= 0.6 is 11.8 Å². The van der Waals surface area contributed by atoms with Gasteiger partial charge >= 0.3 is 0 Å². The molecule has 6 atom stereocenters. The summed E-state index contributed by atoms with van der Waals surface area (Å²) in [5, 5.41) is 10.5. The van der Waals surface area contributed by atoms with Gasteiger partial charge in [0.1, 0.15) is 17.5 Å². The second kappa shape index (κ2) is 13.2. The molecule has 4 aliphatic heterocycles. The zero-order valence-corrected chi connectivity index (χ0v) is 27.8. The van der Waals surface area contributed by atoms with Crippen LogP contribution in [0.1, 0.15) is 12.5 Å². The van der Waals surface area contributed by atoms with Crippen molar-refractivity contribution in [2.45, 2.75) is 35.4 Å². The van der Waals surface area contributed by atoms with E-state index in [0.717, 1.165) is 5.56 Å². The van der Waals surface area contributed by atoms with E-state index in [1.54, 1.807) is 33.9 Å². The molecule has 7 rings (SSSR count). The predicted octanol–water partition coefficient (Wildman–Crippen LogP) is 4.50. The number of anilines is 2. The number of thioether (sulfide) groups is 1. The molecular formula is C38H39N3O6S. The highest BCUT2D eigenvalue weighted by atomic mass is 32.2. The lowest BCUT2D eigenvalue weighted by atomic mass is 9.78. The van der Waals surface area contributed by atoms with E-state index in [4.69, 9.17) is 9.47 Å². The van der Waals surface area contributed by atoms with Gasteiger partial charge in [-0.15, -0.1) is 11.8 Å². The number of ether oxygens (including phenoxy) is 2. The lowest BCUT2D eigenvalue weighted by Gasteiger charge is -2.38. The molecule has 1 spiro atoms. The van der Waals surface area contributed by atoms with Gasteiger partial charge in [-0.3, -0.25) is 14.4 Å². The van der Waals surface area contributed by atoms with Crippen LogP contribution in [-0.4, -0.2) is 83.2 Å². The Morgan fingerprint density at radius 3 is 2.15 bits per heavy atom. The first-order chi connectivity index (χ1) is 23.4. The molecule has 10 heteroatoms. The second-order valence-electron chi connectivity index (χ2n) is 12.5. The molecule has 1 N–H and O–H groups in total. The monoisotopic (exact) mass is 665 g/mol. The Kier molecular flexibility index (Phi) is 8.78. The van der Waals surface area contributed by atoms with Crippen LogP contribution in [0.5, 0.6) is 11.5 Å². The summed E-state index contributed by atoms with van der Waals surface area (Å²) in [6.45, 7) is 2.80. The van der Waals surface area contributed by atoms with Gasteiger partial charge in [-0.2, -0.15) is 0 Å². The minimum atomic E-state index is -1.02. The third-order valence-corrected chi connectivity index (χ3v) is 11.6. The number of aliphatic hydroxyl groups is 1. The van der Waals surface area contributed by atoms with Crippen LogP contribution in [-0.2, 0) is 20.8 Å². The molecule has 0 saturated carbocycles. The van der Waals surface area contributed by atoms with Gasteiger partial charge in [0.2, 0.25) is 11.8 Å². The summed E-state index contributed by atoms with van der Waals surface area (Å²) in [6, 6.07) is 22.8. The van der Waals surface area contributed by atoms with Crippen molar-refractivity contribution in [3.8, 4) is 11.5 Å². The number of rotatable bonds is 9. The summed E-state index contributed by atoms with van der Waals surface area (Å²) in [7, 11) is 1.59. The fraction of sp³-hybridized carbons (Fsp3) is 0.342. The summed E-state index contributed by atoms with van der Waals surface area (Å²) in [6.07, 6.45) is 8.33. The van der Waals surface area contributed by atoms with E-state index >= 15 is 0 Å². The molecule has 2 saturated heterocycles. The maximum Gasteiger partial charge on any atom is 0.251 e. The maximum absolute atomic E-state index is 15.0. The van der Waals surface area contributed by atoms with Gasteiger partial charge in [-0.25, -0.2) is 0 Å². The maximum atomic E-state index is 15.0. The van der Waals surface area contributed by atoms with Crippen LogP contribution in [0.4, 0.5) is 11.4 Å². The van der Waals surface area contributed by atoms with Gasteiger partial charge in [0.25, 0.3) is 5.91 Å². The van der Waals surface area contributed by atoms with E-state index < -0.39 is 28.7 Å². The number of likely N-dealkylation sites (tertiary alicyclic amines) is 1. The third-order valence-electron chi connectivity index (χ3n) is 9.86. The molecule has 1 unspecified atom stereocenters. The van der Waals surface area contributed by atoms with E-state index in [1.807, 2.05) is 98.0 Å². The molecular weight excluding hydrogens is 627 g/mol. The number of hydrogen-bond acceptors (Lipinski definition) is 7. The van der Waals surface area contributed by atoms with Gasteiger partial charge in [-0.05, 0) is 67.4 Å². The van der Waals surface area contributed by atoms with Crippen LogP contribution in [0.2, 0.25) is 0 Å². The largest absolute Gasteiger partial charge is 0.497 e. The number of fused-ring (bicyclic) bond motifs is 2. The lowest BCUT2D eigenvalue weighted by molar-refractivity contribution is -0.141. The Hall–Kier alpha value is -4.54. The zero-order chi connectivity index (χ0) is 33.4. The Morgan fingerprint density at radius 1 is 0.854 bits per heavy atom. The second-order valence-corrected chi connectivity index (χ2v) is 14.0. The fourth-order valence-corrected chi connectivity index (χ4v) is 9.71. The standard InChI is InChI=1S/C38H39N3O6S/c1-3-47-30-18-14-26(15-19-30)39-21-7-11-31-32(35(39)43)33-36(44)41(28(24-42)23-25-9-5-4-6-10-25)34-37(45)40(22-8-20-38(33,34)48-31)27-12-16-29(46-2)17-13-27/h4-20,28,31-34,42H,3,21-24H2,1-2H3/t28-,31-,32+,33+,34?,38+/m1/s1. The molecule has 3 aromatic carbocycles. The summed E-state index contributed by atoms with van der Waals surface area (Å²) in [4.78, 5) is 49.5. The van der Waals surface area contributed by atoms with Crippen molar-refractivity contribution in [1.82, 2.24) is 4.90 Å². The number of carbonyl (C=O) groups excluding carboxylic acids is 3. The van der Waals surface area contributed by atoms with E-state index in [2.05, 4.69) is 0 Å². The van der Waals surface area contributed by atoms with Gasteiger partial charge in [0.15, 0.2) is 0 Å². The molecule has 3 amide bonds. The normalized spacial score (nSPS) is 26.9.